The van der Waals surface area contributed by atoms with Crippen molar-refractivity contribution in [1.29, 1.82) is 0 Å². The van der Waals surface area contributed by atoms with Crippen molar-refractivity contribution in [1.82, 2.24) is 10.2 Å². The molecule has 3 nitrogen and oxygen atoms in total. The van der Waals surface area contributed by atoms with E-state index in [-0.39, 0.29) is 0 Å². The molecule has 1 fully saturated rings. The molecule has 1 aliphatic rings. The first-order valence-electron chi connectivity index (χ1n) is 3.47. The van der Waals surface area contributed by atoms with E-state index in [4.69, 9.17) is 5.73 Å². The van der Waals surface area contributed by atoms with Gasteiger partial charge in [-0.1, -0.05) is 0 Å². The van der Waals surface area contributed by atoms with Gasteiger partial charge in [0.2, 0.25) is 0 Å². The minimum absolute atomic E-state index is 0.310. The van der Waals surface area contributed by atoms with Crippen molar-refractivity contribution >= 4 is 0 Å². The van der Waals surface area contributed by atoms with Crippen molar-refractivity contribution in [2.24, 2.45) is 5.73 Å². The molecule has 0 bridgehead atoms. The Morgan fingerprint density at radius 2 is 2.56 bits per heavy atom. The molecule has 1 heterocycles. The molecule has 3 N–H and O–H groups in total. The molecule has 3 heteroatoms. The van der Waals surface area contributed by atoms with Gasteiger partial charge in [0.15, 0.2) is 0 Å². The van der Waals surface area contributed by atoms with Crippen LogP contribution in [0.2, 0.25) is 0 Å². The van der Waals surface area contributed by atoms with Gasteiger partial charge in [0.25, 0.3) is 0 Å². The minimum atomic E-state index is 0.310. The summed E-state index contributed by atoms with van der Waals surface area (Å²) in [6.45, 7) is 6.35. The van der Waals surface area contributed by atoms with Crippen LogP contribution in [0.25, 0.3) is 0 Å². The molecule has 1 aliphatic heterocycles. The lowest BCUT2D eigenvalue weighted by atomic mass is 10.3. The third kappa shape index (κ3) is 2.30. The summed E-state index contributed by atoms with van der Waals surface area (Å²) in [5, 5.41) is 3.25. The van der Waals surface area contributed by atoms with Crippen LogP contribution in [0.4, 0.5) is 0 Å². The number of hydrogen-bond acceptors (Lipinski definition) is 3. The van der Waals surface area contributed by atoms with Gasteiger partial charge >= 0.3 is 0 Å². The molecule has 0 radical (unpaired) electrons. The molecule has 0 amide bonds. The summed E-state index contributed by atoms with van der Waals surface area (Å²) in [4.78, 5) is 2.32. The highest BCUT2D eigenvalue weighted by atomic mass is 15.3. The minimum Gasteiger partial charge on any atom is -0.327 e. The van der Waals surface area contributed by atoms with Gasteiger partial charge < -0.3 is 11.1 Å². The molecule has 1 rings (SSSR count). The van der Waals surface area contributed by atoms with Crippen molar-refractivity contribution in [2.45, 2.75) is 13.0 Å². The Kier molecular flexibility index (Phi) is 2.45. The van der Waals surface area contributed by atoms with Crippen molar-refractivity contribution in [2.75, 3.05) is 26.3 Å². The van der Waals surface area contributed by atoms with E-state index in [9.17, 15) is 0 Å². The predicted octanol–water partition coefficient (Wildman–Crippen LogP) is -0.804. The fourth-order valence-corrected chi connectivity index (χ4v) is 1.12. The number of nitrogens with two attached hydrogens (primary N) is 1. The second-order valence-corrected chi connectivity index (χ2v) is 2.71. The fraction of sp³-hybridized carbons (Fsp3) is 1.00. The van der Waals surface area contributed by atoms with E-state index < -0.39 is 0 Å². The maximum absolute atomic E-state index is 5.60. The Bertz CT molecular complexity index is 76.4. The lowest BCUT2D eigenvalue weighted by molar-refractivity contribution is 0.317. The quantitative estimate of drug-likeness (QED) is 0.512. The first-order chi connectivity index (χ1) is 4.29. The van der Waals surface area contributed by atoms with Crippen LogP contribution in [-0.4, -0.2) is 37.2 Å². The second kappa shape index (κ2) is 3.15. The summed E-state index contributed by atoms with van der Waals surface area (Å²) >= 11 is 0. The summed E-state index contributed by atoms with van der Waals surface area (Å²) in [6.07, 6.45) is 0. The lowest BCUT2D eigenvalue weighted by Crippen LogP contribution is -2.34. The largest absolute Gasteiger partial charge is 0.327 e. The van der Waals surface area contributed by atoms with E-state index >= 15 is 0 Å². The van der Waals surface area contributed by atoms with Crippen LogP contribution in [0, 0.1) is 0 Å². The zero-order valence-electron chi connectivity index (χ0n) is 5.93. The molecule has 0 aromatic rings. The van der Waals surface area contributed by atoms with E-state index in [0.717, 1.165) is 26.3 Å². The highest BCUT2D eigenvalue weighted by Gasteiger charge is 2.10. The smallest absolute Gasteiger partial charge is 0.0482 e. The normalized spacial score (nSPS) is 24.7. The highest BCUT2D eigenvalue weighted by Crippen LogP contribution is 1.92. The van der Waals surface area contributed by atoms with Crippen LogP contribution in [0.15, 0.2) is 0 Å². The summed E-state index contributed by atoms with van der Waals surface area (Å²) < 4.78 is 0. The monoisotopic (exact) mass is 129 g/mol. The van der Waals surface area contributed by atoms with Crippen molar-refractivity contribution in [3.05, 3.63) is 0 Å². The maximum Gasteiger partial charge on any atom is 0.0482 e. The van der Waals surface area contributed by atoms with E-state index in [1.807, 2.05) is 6.92 Å². The first-order valence-corrected chi connectivity index (χ1v) is 3.47. The summed E-state index contributed by atoms with van der Waals surface area (Å²) in [5.74, 6) is 0. The molecule has 0 aliphatic carbocycles. The van der Waals surface area contributed by atoms with Gasteiger partial charge in [-0.3, -0.25) is 4.90 Å². The van der Waals surface area contributed by atoms with Crippen molar-refractivity contribution in [3.63, 3.8) is 0 Å². The van der Waals surface area contributed by atoms with Crippen LogP contribution >= 0.6 is 0 Å². The maximum atomic E-state index is 5.60. The van der Waals surface area contributed by atoms with Gasteiger partial charge in [0.05, 0.1) is 0 Å². The molecule has 0 spiro atoms. The Balaban J connectivity index is 2.11. The van der Waals surface area contributed by atoms with Gasteiger partial charge in [-0.05, 0) is 6.92 Å². The van der Waals surface area contributed by atoms with Gasteiger partial charge in [0.1, 0.15) is 0 Å². The average Bonchev–Trinajstić information content (AvgIpc) is 2.15. The zero-order valence-corrected chi connectivity index (χ0v) is 5.93. The molecule has 1 saturated heterocycles. The molecular formula is C6H15N3. The Labute approximate surface area is 56.2 Å². The average molecular weight is 129 g/mol. The number of rotatable bonds is 2. The van der Waals surface area contributed by atoms with Gasteiger partial charge in [-0.15, -0.1) is 0 Å². The van der Waals surface area contributed by atoms with Crippen LogP contribution in [0.1, 0.15) is 6.92 Å². The van der Waals surface area contributed by atoms with Gasteiger partial charge in [-0.2, -0.15) is 0 Å². The molecular weight excluding hydrogens is 114 g/mol. The Morgan fingerprint density at radius 1 is 1.78 bits per heavy atom. The van der Waals surface area contributed by atoms with E-state index in [1.54, 1.807) is 0 Å². The third-order valence-electron chi connectivity index (χ3n) is 1.49. The molecule has 0 aromatic heterocycles. The summed E-state index contributed by atoms with van der Waals surface area (Å²) in [5.41, 5.74) is 5.60. The van der Waals surface area contributed by atoms with Gasteiger partial charge in [0, 0.05) is 32.3 Å². The first kappa shape index (κ1) is 6.99. The molecule has 1 atom stereocenters. The third-order valence-corrected chi connectivity index (χ3v) is 1.49. The van der Waals surface area contributed by atoms with Crippen LogP contribution in [0.5, 0.6) is 0 Å². The SMILES string of the molecule is CC(N)CN1CCNC1. The Hall–Kier alpha value is -0.120. The number of nitrogens with zero attached hydrogens (tertiary/aromatic N) is 1. The molecule has 54 valence electrons. The van der Waals surface area contributed by atoms with Gasteiger partial charge in [-0.25, -0.2) is 0 Å². The molecule has 0 aromatic carbocycles. The van der Waals surface area contributed by atoms with E-state index in [0.29, 0.717) is 6.04 Å². The van der Waals surface area contributed by atoms with Crippen LogP contribution < -0.4 is 11.1 Å². The predicted molar refractivity (Wildman–Crippen MR) is 38.1 cm³/mol. The van der Waals surface area contributed by atoms with Crippen LogP contribution in [-0.2, 0) is 0 Å². The highest BCUT2D eigenvalue weighted by molar-refractivity contribution is 4.69. The molecule has 0 saturated carbocycles. The molecule has 1 unspecified atom stereocenters. The van der Waals surface area contributed by atoms with Crippen molar-refractivity contribution < 1.29 is 0 Å². The standard InChI is InChI=1S/C6H15N3/c1-6(7)4-9-3-2-8-5-9/h6,8H,2-5,7H2,1H3. The van der Waals surface area contributed by atoms with E-state index in [2.05, 4.69) is 10.2 Å². The van der Waals surface area contributed by atoms with Crippen molar-refractivity contribution in [3.8, 4) is 0 Å². The Morgan fingerprint density at radius 3 is 3.00 bits per heavy atom. The summed E-state index contributed by atoms with van der Waals surface area (Å²) in [7, 11) is 0. The lowest BCUT2D eigenvalue weighted by Gasteiger charge is -2.15. The summed E-state index contributed by atoms with van der Waals surface area (Å²) in [6, 6.07) is 0.310. The number of nitrogens with one attached hydrogen (secondary N) is 1. The second-order valence-electron chi connectivity index (χ2n) is 2.71. The topological polar surface area (TPSA) is 41.3 Å². The molecule has 9 heavy (non-hydrogen) atoms. The fourth-order valence-electron chi connectivity index (χ4n) is 1.12. The van der Waals surface area contributed by atoms with E-state index in [1.165, 1.54) is 0 Å². The van der Waals surface area contributed by atoms with Crippen LogP contribution in [0.3, 0.4) is 0 Å². The number of hydrogen-bond donors (Lipinski definition) is 2. The zero-order chi connectivity index (χ0) is 6.69.